The first-order valence-electron chi connectivity index (χ1n) is 8.74. The Kier molecular flexibility index (Phi) is 6.59. The minimum Gasteiger partial charge on any atom is -0.360 e. The molecular weight excluding hydrogens is 344 g/mol. The van der Waals surface area contributed by atoms with Gasteiger partial charge < -0.3 is 14.7 Å². The van der Waals surface area contributed by atoms with E-state index in [-0.39, 0.29) is 28.3 Å². The average molecular weight is 372 g/mol. The molecule has 8 nitrogen and oxygen atoms in total. The summed E-state index contributed by atoms with van der Waals surface area (Å²) in [6.07, 6.45) is 2.60. The van der Waals surface area contributed by atoms with Gasteiger partial charge in [0.25, 0.3) is 0 Å². The van der Waals surface area contributed by atoms with Gasteiger partial charge in [0.05, 0.1) is 6.04 Å². The molecule has 0 aromatic carbocycles. The van der Waals surface area contributed by atoms with Gasteiger partial charge in [0, 0.05) is 12.6 Å². The Labute approximate surface area is 149 Å². The third kappa shape index (κ3) is 4.59. The molecule has 1 unspecified atom stereocenters. The van der Waals surface area contributed by atoms with Crippen LogP contribution in [-0.2, 0) is 14.8 Å². The summed E-state index contributed by atoms with van der Waals surface area (Å²) in [5.74, 6) is 0.0255. The standard InChI is InChI=1S/C16H28N4O4S/c1-5-10-20(14-6-8-17-9-7-14)16(21)12(3)19-25(22,23)15-11(2)18-24-13(15)4/h12,14,17,19H,5-10H2,1-4H3. The van der Waals surface area contributed by atoms with Gasteiger partial charge in [-0.1, -0.05) is 12.1 Å². The lowest BCUT2D eigenvalue weighted by atomic mass is 10.0. The van der Waals surface area contributed by atoms with Crippen LogP contribution in [0.3, 0.4) is 0 Å². The highest BCUT2D eigenvalue weighted by Gasteiger charge is 2.32. The van der Waals surface area contributed by atoms with Crippen molar-refractivity contribution in [3.63, 3.8) is 0 Å². The molecule has 0 saturated carbocycles. The number of hydrogen-bond acceptors (Lipinski definition) is 6. The first kappa shape index (κ1) is 19.9. The second-order valence-electron chi connectivity index (χ2n) is 6.51. The summed E-state index contributed by atoms with van der Waals surface area (Å²) in [6.45, 7) is 9.08. The molecule has 0 spiro atoms. The van der Waals surface area contributed by atoms with Crippen LogP contribution in [0.4, 0.5) is 0 Å². The molecule has 1 aliphatic heterocycles. The Balaban J connectivity index is 2.14. The number of piperidine rings is 1. The first-order valence-corrected chi connectivity index (χ1v) is 10.2. The van der Waals surface area contributed by atoms with Crippen LogP contribution in [0.5, 0.6) is 0 Å². The van der Waals surface area contributed by atoms with Gasteiger partial charge in [-0.2, -0.15) is 4.72 Å². The van der Waals surface area contributed by atoms with E-state index in [1.807, 2.05) is 11.8 Å². The van der Waals surface area contributed by atoms with E-state index in [4.69, 9.17) is 4.52 Å². The Morgan fingerprint density at radius 1 is 1.40 bits per heavy atom. The predicted molar refractivity (Wildman–Crippen MR) is 93.7 cm³/mol. The van der Waals surface area contributed by atoms with E-state index >= 15 is 0 Å². The van der Waals surface area contributed by atoms with Crippen molar-refractivity contribution in [2.45, 2.75) is 63.9 Å². The highest BCUT2D eigenvalue weighted by atomic mass is 32.2. The molecular formula is C16H28N4O4S. The Morgan fingerprint density at radius 2 is 2.04 bits per heavy atom. The van der Waals surface area contributed by atoms with Gasteiger partial charge >= 0.3 is 0 Å². The van der Waals surface area contributed by atoms with Gasteiger partial charge in [0.1, 0.15) is 10.6 Å². The Morgan fingerprint density at radius 3 is 2.56 bits per heavy atom. The van der Waals surface area contributed by atoms with Gasteiger partial charge in [-0.3, -0.25) is 4.79 Å². The van der Waals surface area contributed by atoms with Gasteiger partial charge in [-0.05, 0) is 53.1 Å². The van der Waals surface area contributed by atoms with Gasteiger partial charge in [0.15, 0.2) is 5.76 Å². The van der Waals surface area contributed by atoms with Crippen molar-refractivity contribution in [2.24, 2.45) is 0 Å². The Bertz CT molecular complexity index is 675. The second-order valence-corrected chi connectivity index (χ2v) is 8.16. The summed E-state index contributed by atoms with van der Waals surface area (Å²) in [5, 5.41) is 6.96. The summed E-state index contributed by atoms with van der Waals surface area (Å²) < 4.78 is 32.6. The molecule has 1 fully saturated rings. The van der Waals surface area contributed by atoms with Crippen LogP contribution in [0.25, 0.3) is 0 Å². The molecule has 0 radical (unpaired) electrons. The molecule has 0 bridgehead atoms. The smallest absolute Gasteiger partial charge is 0.246 e. The molecule has 1 aliphatic rings. The van der Waals surface area contributed by atoms with Crippen LogP contribution >= 0.6 is 0 Å². The minimum atomic E-state index is -3.87. The molecule has 1 aromatic rings. The maximum atomic E-state index is 12.9. The van der Waals surface area contributed by atoms with Crippen molar-refractivity contribution in [1.82, 2.24) is 20.1 Å². The van der Waals surface area contributed by atoms with Crippen LogP contribution in [0, 0.1) is 13.8 Å². The molecule has 25 heavy (non-hydrogen) atoms. The van der Waals surface area contributed by atoms with Crippen molar-refractivity contribution >= 4 is 15.9 Å². The summed E-state index contributed by atoms with van der Waals surface area (Å²) in [5.41, 5.74) is 0.286. The monoisotopic (exact) mass is 372 g/mol. The lowest BCUT2D eigenvalue weighted by Crippen LogP contribution is -2.53. The van der Waals surface area contributed by atoms with Crippen molar-refractivity contribution in [2.75, 3.05) is 19.6 Å². The molecule has 1 atom stereocenters. The van der Waals surface area contributed by atoms with E-state index in [0.29, 0.717) is 6.54 Å². The van der Waals surface area contributed by atoms with Gasteiger partial charge in [-0.25, -0.2) is 8.42 Å². The van der Waals surface area contributed by atoms with Crippen LogP contribution in [-0.4, -0.2) is 56.1 Å². The number of rotatable bonds is 7. The maximum absolute atomic E-state index is 12.9. The van der Waals surface area contributed by atoms with E-state index in [9.17, 15) is 13.2 Å². The first-order chi connectivity index (χ1) is 11.8. The zero-order valence-corrected chi connectivity index (χ0v) is 16.1. The van der Waals surface area contributed by atoms with Crippen molar-refractivity contribution in [3.8, 4) is 0 Å². The zero-order chi connectivity index (χ0) is 18.6. The number of sulfonamides is 1. The summed E-state index contributed by atoms with van der Waals surface area (Å²) in [7, 11) is -3.87. The predicted octanol–water partition coefficient (Wildman–Crippen LogP) is 0.949. The fourth-order valence-corrected chi connectivity index (χ4v) is 4.81. The van der Waals surface area contributed by atoms with Crippen LogP contribution < -0.4 is 10.0 Å². The molecule has 9 heteroatoms. The van der Waals surface area contributed by atoms with Crippen molar-refractivity contribution in [1.29, 1.82) is 0 Å². The number of nitrogens with zero attached hydrogens (tertiary/aromatic N) is 2. The lowest BCUT2D eigenvalue weighted by Gasteiger charge is -2.36. The molecule has 2 N–H and O–H groups in total. The second kappa shape index (κ2) is 8.29. The average Bonchev–Trinajstić information content (AvgIpc) is 2.91. The van der Waals surface area contributed by atoms with Crippen molar-refractivity contribution in [3.05, 3.63) is 11.5 Å². The SMILES string of the molecule is CCCN(C(=O)C(C)NS(=O)(=O)c1c(C)noc1C)C1CCNCC1. The summed E-state index contributed by atoms with van der Waals surface area (Å²) >= 11 is 0. The molecule has 2 rings (SSSR count). The number of aryl methyl sites for hydroxylation is 2. The Hall–Kier alpha value is -1.45. The molecule has 0 aliphatic carbocycles. The number of aromatic nitrogens is 1. The highest BCUT2D eigenvalue weighted by molar-refractivity contribution is 7.89. The lowest BCUT2D eigenvalue weighted by molar-refractivity contribution is -0.135. The van der Waals surface area contributed by atoms with E-state index in [1.165, 1.54) is 0 Å². The van der Waals surface area contributed by atoms with Gasteiger partial charge in [0.2, 0.25) is 15.9 Å². The molecule has 142 valence electrons. The molecule has 1 saturated heterocycles. The molecule has 1 amide bonds. The molecule has 2 heterocycles. The van der Waals surface area contributed by atoms with Crippen LogP contribution in [0.1, 0.15) is 44.6 Å². The summed E-state index contributed by atoms with van der Waals surface area (Å²) in [4.78, 5) is 14.7. The van der Waals surface area contributed by atoms with E-state index in [2.05, 4.69) is 15.2 Å². The van der Waals surface area contributed by atoms with Crippen LogP contribution in [0.15, 0.2) is 9.42 Å². The number of nitrogens with one attached hydrogen (secondary N) is 2. The van der Waals surface area contributed by atoms with Crippen molar-refractivity contribution < 1.29 is 17.7 Å². The fourth-order valence-electron chi connectivity index (χ4n) is 3.28. The largest absolute Gasteiger partial charge is 0.360 e. The van der Waals surface area contributed by atoms with E-state index in [0.717, 1.165) is 32.4 Å². The number of carbonyl (C=O) groups is 1. The van der Waals surface area contributed by atoms with E-state index in [1.54, 1.807) is 20.8 Å². The fraction of sp³-hybridized carbons (Fsp3) is 0.750. The van der Waals surface area contributed by atoms with E-state index < -0.39 is 16.1 Å². The third-order valence-corrected chi connectivity index (χ3v) is 6.22. The number of hydrogen-bond donors (Lipinski definition) is 2. The van der Waals surface area contributed by atoms with Gasteiger partial charge in [-0.15, -0.1) is 0 Å². The normalized spacial score (nSPS) is 17.4. The number of carbonyl (C=O) groups excluding carboxylic acids is 1. The third-order valence-electron chi connectivity index (χ3n) is 4.44. The quantitative estimate of drug-likeness (QED) is 0.738. The summed E-state index contributed by atoms with van der Waals surface area (Å²) in [6, 6.07) is -0.695. The molecule has 1 aromatic heterocycles. The maximum Gasteiger partial charge on any atom is 0.246 e. The van der Waals surface area contributed by atoms with Crippen LogP contribution in [0.2, 0.25) is 0 Å². The number of amides is 1. The topological polar surface area (TPSA) is 105 Å². The highest BCUT2D eigenvalue weighted by Crippen LogP contribution is 2.20. The zero-order valence-electron chi connectivity index (χ0n) is 15.3. The minimum absolute atomic E-state index is 0.0102.